The van der Waals surface area contributed by atoms with Crippen LogP contribution in [0.1, 0.15) is 25.2 Å². The molecule has 0 aliphatic carbocycles. The standard InChI is InChI=1S/C20H23Cl2F3N4O2/c1-11-12(2)28(8-7-27(11)14-5-6-15(21)16(9-14)31-4)17(30)10-29-13(3)18(22)19(26-29)20(23,24)25/h5-6,9,11-12H,7-8,10H2,1-4H3. The predicted molar refractivity (Wildman–Crippen MR) is 113 cm³/mol. The fraction of sp³-hybridized carbons (Fsp3) is 0.500. The van der Waals surface area contributed by atoms with Gasteiger partial charge >= 0.3 is 6.18 Å². The van der Waals surface area contributed by atoms with Crippen LogP contribution in [-0.2, 0) is 17.5 Å². The number of carbonyl (C=O) groups is 1. The number of piperazine rings is 1. The first kappa shape index (κ1) is 23.5. The maximum atomic E-state index is 13.1. The quantitative estimate of drug-likeness (QED) is 0.641. The molecule has 170 valence electrons. The van der Waals surface area contributed by atoms with Gasteiger partial charge in [-0.2, -0.15) is 18.3 Å². The summed E-state index contributed by atoms with van der Waals surface area (Å²) in [6.45, 7) is 5.96. The molecule has 1 aliphatic rings. The molecule has 31 heavy (non-hydrogen) atoms. The van der Waals surface area contributed by atoms with E-state index >= 15 is 0 Å². The molecule has 0 radical (unpaired) electrons. The molecule has 1 saturated heterocycles. The van der Waals surface area contributed by atoms with Gasteiger partial charge < -0.3 is 14.5 Å². The number of carbonyl (C=O) groups excluding carboxylic acids is 1. The molecule has 1 aliphatic heterocycles. The molecular weight excluding hydrogens is 456 g/mol. The van der Waals surface area contributed by atoms with Crippen molar-refractivity contribution in [3.05, 3.63) is 39.6 Å². The first-order valence-corrected chi connectivity index (χ1v) is 10.4. The largest absolute Gasteiger partial charge is 0.495 e. The molecule has 2 heterocycles. The van der Waals surface area contributed by atoms with Crippen LogP contribution in [0.25, 0.3) is 0 Å². The van der Waals surface area contributed by atoms with Crippen molar-refractivity contribution in [1.82, 2.24) is 14.7 Å². The minimum absolute atomic E-state index is 0.0448. The Kier molecular flexibility index (Phi) is 6.67. The number of methoxy groups -OCH3 is 1. The predicted octanol–water partition coefficient (Wildman–Crippen LogP) is 4.65. The van der Waals surface area contributed by atoms with Gasteiger partial charge in [-0.15, -0.1) is 0 Å². The third-order valence-corrected chi connectivity index (χ3v) is 6.50. The highest BCUT2D eigenvalue weighted by molar-refractivity contribution is 6.32. The monoisotopic (exact) mass is 478 g/mol. The van der Waals surface area contributed by atoms with Crippen molar-refractivity contribution in [2.45, 2.75) is 45.6 Å². The molecule has 0 N–H and O–H groups in total. The molecule has 2 atom stereocenters. The Morgan fingerprint density at radius 2 is 1.90 bits per heavy atom. The summed E-state index contributed by atoms with van der Waals surface area (Å²) in [5, 5.41) is 3.55. The van der Waals surface area contributed by atoms with Gasteiger partial charge in [0.15, 0.2) is 5.69 Å². The van der Waals surface area contributed by atoms with Crippen LogP contribution < -0.4 is 9.64 Å². The van der Waals surface area contributed by atoms with E-state index in [-0.39, 0.29) is 30.2 Å². The molecule has 1 aromatic carbocycles. The zero-order chi connectivity index (χ0) is 23.1. The molecule has 2 aromatic rings. The van der Waals surface area contributed by atoms with E-state index in [2.05, 4.69) is 10.00 Å². The van der Waals surface area contributed by atoms with E-state index in [9.17, 15) is 18.0 Å². The number of halogens is 5. The third kappa shape index (κ3) is 4.57. The first-order chi connectivity index (χ1) is 14.5. The number of amides is 1. The number of rotatable bonds is 4. The molecular formula is C20H23Cl2F3N4O2. The molecule has 3 rings (SSSR count). The normalized spacial score (nSPS) is 19.6. The summed E-state index contributed by atoms with van der Waals surface area (Å²) in [5.74, 6) is 0.243. The highest BCUT2D eigenvalue weighted by atomic mass is 35.5. The van der Waals surface area contributed by atoms with E-state index in [0.717, 1.165) is 10.4 Å². The van der Waals surface area contributed by atoms with E-state index in [0.29, 0.717) is 23.9 Å². The second-order valence-corrected chi connectivity index (χ2v) is 8.27. The van der Waals surface area contributed by atoms with Crippen molar-refractivity contribution in [3.63, 3.8) is 0 Å². The minimum atomic E-state index is -4.68. The lowest BCUT2D eigenvalue weighted by Gasteiger charge is -2.46. The van der Waals surface area contributed by atoms with Gasteiger partial charge in [0.2, 0.25) is 5.91 Å². The second-order valence-electron chi connectivity index (χ2n) is 7.48. The molecule has 0 saturated carbocycles. The number of hydrogen-bond acceptors (Lipinski definition) is 4. The van der Waals surface area contributed by atoms with Gasteiger partial charge in [-0.25, -0.2) is 0 Å². The fourth-order valence-electron chi connectivity index (χ4n) is 3.77. The van der Waals surface area contributed by atoms with Crippen LogP contribution in [0, 0.1) is 6.92 Å². The molecule has 1 aromatic heterocycles. The minimum Gasteiger partial charge on any atom is -0.495 e. The smallest absolute Gasteiger partial charge is 0.436 e. The molecule has 6 nitrogen and oxygen atoms in total. The molecule has 1 fully saturated rings. The summed E-state index contributed by atoms with van der Waals surface area (Å²) in [6.07, 6.45) is -4.68. The Balaban J connectivity index is 1.75. The Morgan fingerprint density at radius 1 is 1.23 bits per heavy atom. The Bertz CT molecular complexity index is 980. The average molecular weight is 479 g/mol. The second kappa shape index (κ2) is 8.78. The Morgan fingerprint density at radius 3 is 2.48 bits per heavy atom. The van der Waals surface area contributed by atoms with Crippen molar-refractivity contribution in [2.75, 3.05) is 25.1 Å². The van der Waals surface area contributed by atoms with Crippen molar-refractivity contribution >= 4 is 34.8 Å². The van der Waals surface area contributed by atoms with Crippen LogP contribution in [0.5, 0.6) is 5.75 Å². The number of nitrogens with zero attached hydrogens (tertiary/aromatic N) is 4. The summed E-state index contributed by atoms with van der Waals surface area (Å²) in [7, 11) is 1.54. The molecule has 0 bridgehead atoms. The van der Waals surface area contributed by atoms with Crippen LogP contribution in [0.15, 0.2) is 18.2 Å². The summed E-state index contributed by atoms with van der Waals surface area (Å²) in [4.78, 5) is 16.7. The molecule has 1 amide bonds. The van der Waals surface area contributed by atoms with Gasteiger partial charge in [-0.05, 0) is 32.9 Å². The number of anilines is 1. The van der Waals surface area contributed by atoms with Crippen molar-refractivity contribution in [2.24, 2.45) is 0 Å². The van der Waals surface area contributed by atoms with E-state index in [1.165, 1.54) is 6.92 Å². The highest BCUT2D eigenvalue weighted by Gasteiger charge is 2.39. The van der Waals surface area contributed by atoms with Crippen LogP contribution in [0.4, 0.5) is 18.9 Å². The summed E-state index contributed by atoms with van der Waals surface area (Å²) in [5.41, 5.74) is -0.158. The number of benzene rings is 1. The lowest BCUT2D eigenvalue weighted by molar-refractivity contribution is -0.142. The average Bonchev–Trinajstić information content (AvgIpc) is 2.99. The van der Waals surface area contributed by atoms with Crippen molar-refractivity contribution in [1.29, 1.82) is 0 Å². The van der Waals surface area contributed by atoms with Gasteiger partial charge in [0, 0.05) is 36.9 Å². The number of aromatic nitrogens is 2. The van der Waals surface area contributed by atoms with E-state index < -0.39 is 16.9 Å². The summed E-state index contributed by atoms with van der Waals surface area (Å²) >= 11 is 11.9. The third-order valence-electron chi connectivity index (χ3n) is 5.74. The lowest BCUT2D eigenvalue weighted by Crippen LogP contribution is -2.59. The topological polar surface area (TPSA) is 50.6 Å². The van der Waals surface area contributed by atoms with Crippen LogP contribution >= 0.6 is 23.2 Å². The maximum absolute atomic E-state index is 13.1. The Hall–Kier alpha value is -2.13. The zero-order valence-corrected chi connectivity index (χ0v) is 19.0. The van der Waals surface area contributed by atoms with Crippen molar-refractivity contribution in [3.8, 4) is 5.75 Å². The van der Waals surface area contributed by atoms with Gasteiger partial charge in [0.25, 0.3) is 0 Å². The first-order valence-electron chi connectivity index (χ1n) is 9.65. The highest BCUT2D eigenvalue weighted by Crippen LogP contribution is 2.36. The van der Waals surface area contributed by atoms with Crippen molar-refractivity contribution < 1.29 is 22.7 Å². The molecule has 2 unspecified atom stereocenters. The van der Waals surface area contributed by atoms with Crippen LogP contribution in [0.2, 0.25) is 10.0 Å². The number of alkyl halides is 3. The molecule has 11 heteroatoms. The van der Waals surface area contributed by atoms with E-state index in [1.54, 1.807) is 18.1 Å². The van der Waals surface area contributed by atoms with Gasteiger partial charge in [0.1, 0.15) is 12.3 Å². The summed E-state index contributed by atoms with van der Waals surface area (Å²) in [6, 6.07) is 5.26. The summed E-state index contributed by atoms with van der Waals surface area (Å²) < 4.78 is 45.5. The van der Waals surface area contributed by atoms with Gasteiger partial charge in [0.05, 0.1) is 22.8 Å². The molecule has 0 spiro atoms. The number of hydrogen-bond donors (Lipinski definition) is 0. The van der Waals surface area contributed by atoms with Gasteiger partial charge in [-0.3, -0.25) is 9.48 Å². The van der Waals surface area contributed by atoms with E-state index in [1.807, 2.05) is 26.0 Å². The van der Waals surface area contributed by atoms with Crippen LogP contribution in [0.3, 0.4) is 0 Å². The van der Waals surface area contributed by atoms with E-state index in [4.69, 9.17) is 27.9 Å². The maximum Gasteiger partial charge on any atom is 0.436 e. The fourth-order valence-corrected chi connectivity index (χ4v) is 4.20. The number of ether oxygens (including phenoxy) is 1. The lowest BCUT2D eigenvalue weighted by atomic mass is 10.0. The van der Waals surface area contributed by atoms with Gasteiger partial charge in [-0.1, -0.05) is 23.2 Å². The zero-order valence-electron chi connectivity index (χ0n) is 17.5. The van der Waals surface area contributed by atoms with Crippen LogP contribution in [-0.4, -0.2) is 52.9 Å². The SMILES string of the molecule is COc1cc(N2CCN(C(=O)Cn3nc(C(F)(F)F)c(Cl)c3C)C(C)C2C)ccc1Cl. The Labute approximate surface area is 188 Å².